The number of hydrogen-bond acceptors (Lipinski definition) is 1. The van der Waals surface area contributed by atoms with Crippen LogP contribution in [0.15, 0.2) is 11.6 Å². The monoisotopic (exact) mass is 194 g/mol. The summed E-state index contributed by atoms with van der Waals surface area (Å²) in [7, 11) is 0. The quantitative estimate of drug-likeness (QED) is 0.614. The third-order valence-electron chi connectivity index (χ3n) is 3.22. The highest BCUT2D eigenvalue weighted by Gasteiger charge is 2.25. The van der Waals surface area contributed by atoms with Gasteiger partial charge in [0.05, 0.1) is 0 Å². The molecule has 0 aliphatic heterocycles. The van der Waals surface area contributed by atoms with E-state index in [0.717, 1.165) is 12.3 Å². The van der Waals surface area contributed by atoms with Crippen molar-refractivity contribution >= 4 is 5.78 Å². The summed E-state index contributed by atoms with van der Waals surface area (Å²) < 4.78 is 0. The standard InChI is InChI=1S/C13H22O/c1-9(2)13-6-5-10(3)7-12(13)8-11(4)14/h8-10,13H,5-7H2,1-4H3. The molecule has 1 saturated carbocycles. The Bertz CT molecular complexity index is 238. The van der Waals surface area contributed by atoms with E-state index in [1.165, 1.54) is 18.4 Å². The van der Waals surface area contributed by atoms with Gasteiger partial charge < -0.3 is 0 Å². The molecule has 0 aromatic heterocycles. The van der Waals surface area contributed by atoms with Gasteiger partial charge in [-0.15, -0.1) is 0 Å². The number of carbonyl (C=O) groups excluding carboxylic acids is 1. The summed E-state index contributed by atoms with van der Waals surface area (Å²) in [4.78, 5) is 11.1. The van der Waals surface area contributed by atoms with Crippen LogP contribution in [0.2, 0.25) is 0 Å². The van der Waals surface area contributed by atoms with Crippen molar-refractivity contribution in [3.05, 3.63) is 11.6 Å². The second kappa shape index (κ2) is 4.77. The van der Waals surface area contributed by atoms with Gasteiger partial charge in [0.25, 0.3) is 0 Å². The molecule has 0 aromatic rings. The lowest BCUT2D eigenvalue weighted by Crippen LogP contribution is -2.20. The zero-order valence-electron chi connectivity index (χ0n) is 9.84. The van der Waals surface area contributed by atoms with Crippen LogP contribution in [0, 0.1) is 17.8 Å². The molecule has 1 fully saturated rings. The normalized spacial score (nSPS) is 31.1. The van der Waals surface area contributed by atoms with Crippen LogP contribution in [0.4, 0.5) is 0 Å². The fourth-order valence-electron chi connectivity index (χ4n) is 2.49. The first-order valence-electron chi connectivity index (χ1n) is 5.71. The van der Waals surface area contributed by atoms with Gasteiger partial charge >= 0.3 is 0 Å². The Labute approximate surface area is 87.6 Å². The van der Waals surface area contributed by atoms with E-state index in [-0.39, 0.29) is 5.78 Å². The number of hydrogen-bond donors (Lipinski definition) is 0. The van der Waals surface area contributed by atoms with Crippen LogP contribution < -0.4 is 0 Å². The molecule has 0 amide bonds. The smallest absolute Gasteiger partial charge is 0.152 e. The van der Waals surface area contributed by atoms with Crippen molar-refractivity contribution in [2.24, 2.45) is 17.8 Å². The molecule has 1 aliphatic rings. The average molecular weight is 194 g/mol. The number of rotatable bonds is 2. The number of allylic oxidation sites excluding steroid dienone is 2. The Morgan fingerprint density at radius 3 is 2.57 bits per heavy atom. The van der Waals surface area contributed by atoms with Crippen LogP contribution >= 0.6 is 0 Å². The summed E-state index contributed by atoms with van der Waals surface area (Å²) in [5, 5.41) is 0. The van der Waals surface area contributed by atoms with Gasteiger partial charge in [0.15, 0.2) is 5.78 Å². The maximum absolute atomic E-state index is 11.1. The fraction of sp³-hybridized carbons (Fsp3) is 0.769. The SMILES string of the molecule is CC(=O)C=C1CC(C)CCC1C(C)C. The molecule has 1 nitrogen and oxygen atoms in total. The van der Waals surface area contributed by atoms with Crippen LogP contribution in [0.1, 0.15) is 47.0 Å². The number of ketones is 1. The minimum Gasteiger partial charge on any atom is -0.295 e. The van der Waals surface area contributed by atoms with Crippen LogP contribution in [0.5, 0.6) is 0 Å². The molecule has 2 unspecified atom stereocenters. The van der Waals surface area contributed by atoms with Gasteiger partial charge in [0.1, 0.15) is 0 Å². The summed E-state index contributed by atoms with van der Waals surface area (Å²) in [6.07, 6.45) is 5.58. The van der Waals surface area contributed by atoms with Gasteiger partial charge in [-0.1, -0.05) is 26.3 Å². The summed E-state index contributed by atoms with van der Waals surface area (Å²) in [6.45, 7) is 8.46. The van der Waals surface area contributed by atoms with E-state index < -0.39 is 0 Å². The molecule has 1 aliphatic carbocycles. The highest BCUT2D eigenvalue weighted by Crippen LogP contribution is 2.37. The molecule has 0 bridgehead atoms. The summed E-state index contributed by atoms with van der Waals surface area (Å²) in [6, 6.07) is 0. The van der Waals surface area contributed by atoms with E-state index in [4.69, 9.17) is 0 Å². The first-order chi connectivity index (χ1) is 6.50. The van der Waals surface area contributed by atoms with Crippen LogP contribution in [-0.2, 0) is 4.79 Å². The Balaban J connectivity index is 2.78. The highest BCUT2D eigenvalue weighted by atomic mass is 16.1. The fourth-order valence-corrected chi connectivity index (χ4v) is 2.49. The van der Waals surface area contributed by atoms with Crippen molar-refractivity contribution in [3.8, 4) is 0 Å². The molecule has 0 aromatic carbocycles. The predicted molar refractivity (Wildman–Crippen MR) is 60.1 cm³/mol. The first-order valence-corrected chi connectivity index (χ1v) is 5.71. The lowest BCUT2D eigenvalue weighted by Gasteiger charge is -2.32. The molecule has 2 atom stereocenters. The van der Waals surface area contributed by atoms with E-state index in [2.05, 4.69) is 20.8 Å². The van der Waals surface area contributed by atoms with Crippen molar-refractivity contribution in [2.45, 2.75) is 47.0 Å². The Morgan fingerprint density at radius 1 is 1.43 bits per heavy atom. The largest absolute Gasteiger partial charge is 0.295 e. The predicted octanol–water partition coefficient (Wildman–Crippen LogP) is 3.59. The molecule has 1 rings (SSSR count). The molecule has 0 N–H and O–H groups in total. The molecule has 14 heavy (non-hydrogen) atoms. The van der Waals surface area contributed by atoms with E-state index in [0.29, 0.717) is 11.8 Å². The molecule has 0 radical (unpaired) electrons. The van der Waals surface area contributed by atoms with E-state index in [9.17, 15) is 4.79 Å². The maximum atomic E-state index is 11.1. The van der Waals surface area contributed by atoms with Gasteiger partial charge in [-0.2, -0.15) is 0 Å². The summed E-state index contributed by atoms with van der Waals surface area (Å²) in [5.74, 6) is 2.29. The summed E-state index contributed by atoms with van der Waals surface area (Å²) in [5.41, 5.74) is 1.39. The molecule has 80 valence electrons. The van der Waals surface area contributed by atoms with Crippen LogP contribution in [0.3, 0.4) is 0 Å². The van der Waals surface area contributed by atoms with Gasteiger partial charge in [0.2, 0.25) is 0 Å². The molecule has 0 heterocycles. The van der Waals surface area contributed by atoms with Crippen molar-refractivity contribution in [2.75, 3.05) is 0 Å². The van der Waals surface area contributed by atoms with Gasteiger partial charge in [-0.3, -0.25) is 4.79 Å². The molecular weight excluding hydrogens is 172 g/mol. The average Bonchev–Trinajstić information content (AvgIpc) is 2.01. The zero-order chi connectivity index (χ0) is 10.7. The van der Waals surface area contributed by atoms with Crippen molar-refractivity contribution < 1.29 is 4.79 Å². The summed E-state index contributed by atoms with van der Waals surface area (Å²) >= 11 is 0. The van der Waals surface area contributed by atoms with E-state index in [1.807, 2.05) is 6.08 Å². The topological polar surface area (TPSA) is 17.1 Å². The minimum atomic E-state index is 0.208. The Morgan fingerprint density at radius 2 is 2.07 bits per heavy atom. The van der Waals surface area contributed by atoms with Crippen molar-refractivity contribution in [1.29, 1.82) is 0 Å². The third kappa shape index (κ3) is 2.97. The lowest BCUT2D eigenvalue weighted by atomic mass is 9.73. The van der Waals surface area contributed by atoms with E-state index >= 15 is 0 Å². The Hall–Kier alpha value is -0.590. The highest BCUT2D eigenvalue weighted by molar-refractivity contribution is 5.88. The van der Waals surface area contributed by atoms with Crippen molar-refractivity contribution in [1.82, 2.24) is 0 Å². The molecule has 0 saturated heterocycles. The van der Waals surface area contributed by atoms with Gasteiger partial charge in [-0.05, 0) is 50.0 Å². The van der Waals surface area contributed by atoms with Crippen molar-refractivity contribution in [3.63, 3.8) is 0 Å². The van der Waals surface area contributed by atoms with Gasteiger partial charge in [0, 0.05) is 0 Å². The second-order valence-corrected chi connectivity index (χ2v) is 5.07. The minimum absolute atomic E-state index is 0.208. The zero-order valence-corrected chi connectivity index (χ0v) is 9.84. The lowest BCUT2D eigenvalue weighted by molar-refractivity contribution is -0.112. The van der Waals surface area contributed by atoms with Crippen LogP contribution in [-0.4, -0.2) is 5.78 Å². The number of carbonyl (C=O) groups is 1. The Kier molecular flexibility index (Phi) is 3.91. The maximum Gasteiger partial charge on any atom is 0.152 e. The second-order valence-electron chi connectivity index (χ2n) is 5.07. The van der Waals surface area contributed by atoms with Crippen LogP contribution in [0.25, 0.3) is 0 Å². The first kappa shape index (κ1) is 11.5. The van der Waals surface area contributed by atoms with E-state index in [1.54, 1.807) is 6.92 Å². The molecule has 1 heteroatoms. The molecular formula is C13H22O. The van der Waals surface area contributed by atoms with Gasteiger partial charge in [-0.25, -0.2) is 0 Å². The molecule has 0 spiro atoms. The third-order valence-corrected chi connectivity index (χ3v) is 3.22.